The lowest BCUT2D eigenvalue weighted by Gasteiger charge is -2.11. The van der Waals surface area contributed by atoms with Crippen LogP contribution in [0.15, 0.2) is 23.1 Å². The molecule has 1 atom stereocenters. The molecule has 3 rings (SSSR count). The van der Waals surface area contributed by atoms with Gasteiger partial charge in [-0.3, -0.25) is 9.59 Å². The Kier molecular flexibility index (Phi) is 6.08. The summed E-state index contributed by atoms with van der Waals surface area (Å²) in [6.45, 7) is 4.22. The van der Waals surface area contributed by atoms with Crippen LogP contribution >= 0.6 is 12.4 Å². The first-order valence-corrected chi connectivity index (χ1v) is 9.59. The summed E-state index contributed by atoms with van der Waals surface area (Å²) in [5.41, 5.74) is 0.387. The van der Waals surface area contributed by atoms with Crippen LogP contribution < -0.4 is 10.6 Å². The highest BCUT2D eigenvalue weighted by Crippen LogP contribution is 2.30. The Bertz CT molecular complexity index is 776. The molecule has 2 heterocycles. The largest absolute Gasteiger partial charge is 0.352 e. The molecule has 0 saturated carbocycles. The van der Waals surface area contributed by atoms with Crippen LogP contribution in [0, 0.1) is 5.92 Å². The van der Waals surface area contributed by atoms with Crippen LogP contribution in [0.2, 0.25) is 0 Å². The van der Waals surface area contributed by atoms with Gasteiger partial charge in [-0.15, -0.1) is 12.4 Å². The molecule has 0 radical (unpaired) electrons. The van der Waals surface area contributed by atoms with E-state index in [1.54, 1.807) is 6.92 Å². The van der Waals surface area contributed by atoms with E-state index in [4.69, 9.17) is 0 Å². The molecule has 2 amide bonds. The van der Waals surface area contributed by atoms with Crippen molar-refractivity contribution < 1.29 is 18.0 Å². The van der Waals surface area contributed by atoms with Crippen LogP contribution in [0.4, 0.5) is 0 Å². The van der Waals surface area contributed by atoms with E-state index in [2.05, 4.69) is 10.6 Å². The molecule has 1 saturated heterocycles. The minimum absolute atomic E-state index is 0. The van der Waals surface area contributed by atoms with Crippen molar-refractivity contribution >= 4 is 34.2 Å². The summed E-state index contributed by atoms with van der Waals surface area (Å²) in [6, 6.07) is 4.21. The molecule has 9 heteroatoms. The lowest BCUT2D eigenvalue weighted by Crippen LogP contribution is -2.29. The Hall–Kier alpha value is -1.64. The summed E-state index contributed by atoms with van der Waals surface area (Å²) < 4.78 is 25.5. The van der Waals surface area contributed by atoms with Gasteiger partial charge in [0, 0.05) is 18.7 Å². The van der Waals surface area contributed by atoms with Gasteiger partial charge in [-0.05, 0) is 57.0 Å². The van der Waals surface area contributed by atoms with E-state index in [1.807, 2.05) is 0 Å². The Morgan fingerprint density at radius 3 is 2.80 bits per heavy atom. The summed E-state index contributed by atoms with van der Waals surface area (Å²) in [5.74, 6) is -0.282. The van der Waals surface area contributed by atoms with E-state index in [0.717, 1.165) is 30.2 Å². The van der Waals surface area contributed by atoms with E-state index in [1.165, 1.54) is 18.2 Å². The van der Waals surface area contributed by atoms with Gasteiger partial charge in [-0.1, -0.05) is 0 Å². The molecule has 0 spiro atoms. The number of nitrogens with zero attached hydrogens (tertiary/aromatic N) is 1. The smallest absolute Gasteiger partial charge is 0.268 e. The van der Waals surface area contributed by atoms with E-state index in [9.17, 15) is 18.0 Å². The normalized spacial score (nSPS) is 20.9. The van der Waals surface area contributed by atoms with Crippen LogP contribution in [-0.2, 0) is 10.0 Å². The second-order valence-corrected chi connectivity index (χ2v) is 7.92. The quantitative estimate of drug-likeness (QED) is 0.785. The topological polar surface area (TPSA) is 95.6 Å². The number of benzene rings is 1. The van der Waals surface area contributed by atoms with Crippen molar-refractivity contribution in [3.8, 4) is 0 Å². The second kappa shape index (κ2) is 7.72. The number of nitrogens with one attached hydrogen (secondary N) is 2. The standard InChI is InChI=1S/C16H21N3O4S.ClH/c1-2-19-16(21)13-4-3-12(9-14(13)24(19,22)23)15(20)18-8-6-11-5-7-17-10-11;/h3-4,9,11,17H,2,5-8,10H2,1H3,(H,18,20);1H. The maximum absolute atomic E-state index is 12.4. The number of fused-ring (bicyclic) bond motifs is 1. The summed E-state index contributed by atoms with van der Waals surface area (Å²) >= 11 is 0. The van der Waals surface area contributed by atoms with Crippen molar-refractivity contribution in [3.05, 3.63) is 29.3 Å². The van der Waals surface area contributed by atoms with Crippen molar-refractivity contribution in [2.24, 2.45) is 5.92 Å². The number of carbonyl (C=O) groups excluding carboxylic acids is 2. The predicted octanol–water partition coefficient (Wildman–Crippen LogP) is 1.00. The molecule has 1 aromatic carbocycles. The van der Waals surface area contributed by atoms with Gasteiger partial charge >= 0.3 is 0 Å². The average molecular weight is 388 g/mol. The number of halogens is 1. The minimum atomic E-state index is -3.84. The van der Waals surface area contributed by atoms with E-state index >= 15 is 0 Å². The summed E-state index contributed by atoms with van der Waals surface area (Å²) in [4.78, 5) is 24.2. The fraction of sp³-hybridized carbons (Fsp3) is 0.500. The Balaban J connectivity index is 0.00000225. The van der Waals surface area contributed by atoms with Crippen molar-refractivity contribution in [2.75, 3.05) is 26.2 Å². The Morgan fingerprint density at radius 1 is 1.40 bits per heavy atom. The molecule has 138 valence electrons. The third-order valence-corrected chi connectivity index (χ3v) is 6.45. The first-order chi connectivity index (χ1) is 11.4. The van der Waals surface area contributed by atoms with Crippen molar-refractivity contribution in [1.82, 2.24) is 14.9 Å². The van der Waals surface area contributed by atoms with Crippen LogP contribution in [0.1, 0.15) is 40.5 Å². The highest BCUT2D eigenvalue weighted by atomic mass is 35.5. The number of hydrogen-bond donors (Lipinski definition) is 2. The molecule has 2 N–H and O–H groups in total. The summed E-state index contributed by atoms with van der Waals surface area (Å²) in [5, 5.41) is 6.10. The first-order valence-electron chi connectivity index (χ1n) is 8.15. The van der Waals surface area contributed by atoms with E-state index < -0.39 is 15.9 Å². The minimum Gasteiger partial charge on any atom is -0.352 e. The average Bonchev–Trinajstić information content (AvgIpc) is 3.13. The highest BCUT2D eigenvalue weighted by molar-refractivity contribution is 7.90. The van der Waals surface area contributed by atoms with Gasteiger partial charge < -0.3 is 10.6 Å². The molecule has 0 aromatic heterocycles. The Morgan fingerprint density at radius 2 is 2.16 bits per heavy atom. The number of amides is 2. The number of sulfonamides is 1. The molecule has 7 nitrogen and oxygen atoms in total. The van der Waals surface area contributed by atoms with Crippen molar-refractivity contribution in [3.63, 3.8) is 0 Å². The maximum Gasteiger partial charge on any atom is 0.268 e. The van der Waals surface area contributed by atoms with Crippen LogP contribution in [0.25, 0.3) is 0 Å². The van der Waals surface area contributed by atoms with Crippen LogP contribution in [0.5, 0.6) is 0 Å². The zero-order valence-corrected chi connectivity index (χ0v) is 15.6. The molecule has 1 aromatic rings. The monoisotopic (exact) mass is 387 g/mol. The second-order valence-electron chi connectivity index (χ2n) is 6.09. The van der Waals surface area contributed by atoms with Crippen molar-refractivity contribution in [1.29, 1.82) is 0 Å². The lowest BCUT2D eigenvalue weighted by molar-refractivity contribution is 0.0874. The molecule has 1 fully saturated rings. The molecule has 25 heavy (non-hydrogen) atoms. The lowest BCUT2D eigenvalue weighted by atomic mass is 10.1. The zero-order valence-electron chi connectivity index (χ0n) is 13.9. The number of rotatable bonds is 5. The van der Waals surface area contributed by atoms with Crippen LogP contribution in [0.3, 0.4) is 0 Å². The van der Waals surface area contributed by atoms with Gasteiger partial charge in [0.05, 0.1) is 5.56 Å². The van der Waals surface area contributed by atoms with Crippen molar-refractivity contribution in [2.45, 2.75) is 24.7 Å². The molecule has 1 unspecified atom stereocenters. The molecule has 2 aliphatic heterocycles. The molecular weight excluding hydrogens is 366 g/mol. The van der Waals surface area contributed by atoms with E-state index in [-0.39, 0.29) is 40.9 Å². The van der Waals surface area contributed by atoms with Crippen LogP contribution in [-0.4, -0.2) is 50.7 Å². The predicted molar refractivity (Wildman–Crippen MR) is 95.5 cm³/mol. The molecular formula is C16H22ClN3O4S. The third-order valence-electron chi connectivity index (χ3n) is 4.56. The van der Waals surface area contributed by atoms with Gasteiger partial charge in [0.2, 0.25) is 0 Å². The highest BCUT2D eigenvalue weighted by Gasteiger charge is 2.40. The number of carbonyl (C=O) groups is 2. The molecule has 2 aliphatic rings. The summed E-state index contributed by atoms with van der Waals surface area (Å²) in [6.07, 6.45) is 2.01. The van der Waals surface area contributed by atoms with Gasteiger partial charge in [0.15, 0.2) is 0 Å². The van der Waals surface area contributed by atoms with E-state index in [0.29, 0.717) is 12.5 Å². The maximum atomic E-state index is 12.4. The zero-order chi connectivity index (χ0) is 17.3. The molecule has 0 bridgehead atoms. The molecule has 0 aliphatic carbocycles. The van der Waals surface area contributed by atoms with Gasteiger partial charge in [0.25, 0.3) is 21.8 Å². The van der Waals surface area contributed by atoms with Gasteiger partial charge in [0.1, 0.15) is 4.90 Å². The summed E-state index contributed by atoms with van der Waals surface area (Å²) in [7, 11) is -3.84. The van der Waals surface area contributed by atoms with Gasteiger partial charge in [-0.2, -0.15) is 0 Å². The third kappa shape index (κ3) is 3.65. The fourth-order valence-corrected chi connectivity index (χ4v) is 4.79. The fourth-order valence-electron chi connectivity index (χ4n) is 3.18. The Labute approximate surface area is 153 Å². The van der Waals surface area contributed by atoms with Gasteiger partial charge in [-0.25, -0.2) is 12.7 Å². The number of hydrogen-bond acceptors (Lipinski definition) is 5. The first kappa shape index (κ1) is 19.7. The SMILES string of the molecule is CCN1C(=O)c2ccc(C(=O)NCCC3CCNC3)cc2S1(=O)=O.Cl.